The number of hydrogen-bond donors (Lipinski definition) is 1. The predicted molar refractivity (Wildman–Crippen MR) is 66.3 cm³/mol. The molecule has 5 nitrogen and oxygen atoms in total. The van der Waals surface area contributed by atoms with Crippen molar-refractivity contribution in [3.63, 3.8) is 0 Å². The molecule has 0 amide bonds. The van der Waals surface area contributed by atoms with Gasteiger partial charge < -0.3 is 19.5 Å². The minimum atomic E-state index is -0.111. The van der Waals surface area contributed by atoms with E-state index < -0.39 is 0 Å². The molecule has 18 heavy (non-hydrogen) atoms. The number of ether oxygens (including phenoxy) is 3. The van der Waals surface area contributed by atoms with Crippen molar-refractivity contribution in [2.45, 2.75) is 25.3 Å². The maximum absolute atomic E-state index is 11.9. The number of rotatable bonds is 7. The summed E-state index contributed by atoms with van der Waals surface area (Å²) in [4.78, 5) is 11.9. The first-order valence-electron chi connectivity index (χ1n) is 6.79. The van der Waals surface area contributed by atoms with Gasteiger partial charge in [0.05, 0.1) is 19.8 Å². The molecule has 3 unspecified atom stereocenters. The highest BCUT2D eigenvalue weighted by Gasteiger charge is 2.43. The first-order chi connectivity index (χ1) is 8.83. The molecule has 1 heterocycles. The molecule has 0 bridgehead atoms. The van der Waals surface area contributed by atoms with E-state index in [9.17, 15) is 4.79 Å². The molecule has 5 heteroatoms. The molecule has 0 radical (unpaired) electrons. The van der Waals surface area contributed by atoms with Gasteiger partial charge >= 0.3 is 5.97 Å². The van der Waals surface area contributed by atoms with Crippen molar-refractivity contribution in [2.24, 2.45) is 11.8 Å². The summed E-state index contributed by atoms with van der Waals surface area (Å²) in [6.07, 6.45) is 3.66. The second-order valence-corrected chi connectivity index (χ2v) is 5.01. The first-order valence-corrected chi connectivity index (χ1v) is 6.79. The van der Waals surface area contributed by atoms with E-state index in [1.165, 1.54) is 12.8 Å². The molecule has 1 aliphatic carbocycles. The number of fused-ring (bicyclic) bond motifs is 1. The van der Waals surface area contributed by atoms with Crippen LogP contribution in [0.4, 0.5) is 0 Å². The molecule has 1 saturated carbocycles. The molecule has 3 atom stereocenters. The van der Waals surface area contributed by atoms with E-state index in [4.69, 9.17) is 14.2 Å². The fourth-order valence-corrected chi connectivity index (χ4v) is 2.98. The Morgan fingerprint density at radius 3 is 2.89 bits per heavy atom. The molecule has 0 spiro atoms. The lowest BCUT2D eigenvalue weighted by Gasteiger charge is -2.16. The van der Waals surface area contributed by atoms with Gasteiger partial charge in [0.15, 0.2) is 0 Å². The number of carbonyl (C=O) groups is 1. The van der Waals surface area contributed by atoms with Crippen LogP contribution in [0.5, 0.6) is 0 Å². The Labute approximate surface area is 108 Å². The highest BCUT2D eigenvalue weighted by Crippen LogP contribution is 2.37. The van der Waals surface area contributed by atoms with Gasteiger partial charge in [-0.15, -0.1) is 0 Å². The average Bonchev–Trinajstić information content (AvgIpc) is 2.95. The van der Waals surface area contributed by atoms with Crippen LogP contribution in [0, 0.1) is 11.8 Å². The van der Waals surface area contributed by atoms with E-state index in [-0.39, 0.29) is 12.0 Å². The molecule has 2 fully saturated rings. The zero-order valence-electron chi connectivity index (χ0n) is 11.0. The van der Waals surface area contributed by atoms with Crippen molar-refractivity contribution >= 4 is 5.97 Å². The molecular weight excluding hydrogens is 234 g/mol. The van der Waals surface area contributed by atoms with E-state index in [1.54, 1.807) is 7.11 Å². The summed E-state index contributed by atoms with van der Waals surface area (Å²) < 4.78 is 15.4. The van der Waals surface area contributed by atoms with Gasteiger partial charge in [-0.05, 0) is 31.2 Å². The Hall–Kier alpha value is -0.650. The van der Waals surface area contributed by atoms with E-state index in [1.807, 2.05) is 0 Å². The zero-order chi connectivity index (χ0) is 12.8. The van der Waals surface area contributed by atoms with E-state index >= 15 is 0 Å². The fraction of sp³-hybridized carbons (Fsp3) is 0.923. The average molecular weight is 257 g/mol. The van der Waals surface area contributed by atoms with Crippen molar-refractivity contribution in [3.8, 4) is 0 Å². The lowest BCUT2D eigenvalue weighted by Crippen LogP contribution is -2.37. The Balaban J connectivity index is 1.60. The van der Waals surface area contributed by atoms with E-state index in [0.717, 1.165) is 13.0 Å². The Morgan fingerprint density at radius 1 is 1.22 bits per heavy atom. The van der Waals surface area contributed by atoms with Gasteiger partial charge in [0, 0.05) is 7.11 Å². The van der Waals surface area contributed by atoms with Gasteiger partial charge in [-0.25, -0.2) is 0 Å². The number of hydrogen-bond acceptors (Lipinski definition) is 5. The van der Waals surface area contributed by atoms with Crippen molar-refractivity contribution in [3.05, 3.63) is 0 Å². The number of carbonyl (C=O) groups excluding carboxylic acids is 1. The minimum absolute atomic E-state index is 0.0866. The summed E-state index contributed by atoms with van der Waals surface area (Å²) in [5.74, 6) is 1.06. The summed E-state index contributed by atoms with van der Waals surface area (Å²) in [6, 6.07) is -0.0866. The number of methoxy groups -OCH3 is 1. The quantitative estimate of drug-likeness (QED) is 0.534. The van der Waals surface area contributed by atoms with Gasteiger partial charge in [-0.1, -0.05) is 6.42 Å². The molecule has 2 aliphatic rings. The monoisotopic (exact) mass is 257 g/mol. The third-order valence-corrected chi connectivity index (χ3v) is 3.90. The number of nitrogens with one attached hydrogen (secondary N) is 1. The van der Waals surface area contributed by atoms with Crippen LogP contribution in [-0.4, -0.2) is 52.1 Å². The van der Waals surface area contributed by atoms with E-state index in [2.05, 4.69) is 5.32 Å². The fourth-order valence-electron chi connectivity index (χ4n) is 2.98. The number of esters is 1. The molecule has 0 aromatic heterocycles. The largest absolute Gasteiger partial charge is 0.462 e. The van der Waals surface area contributed by atoms with Crippen molar-refractivity contribution < 1.29 is 19.0 Å². The Morgan fingerprint density at radius 2 is 2.06 bits per heavy atom. The van der Waals surface area contributed by atoms with Crippen molar-refractivity contribution in [1.82, 2.24) is 5.32 Å². The smallest absolute Gasteiger partial charge is 0.323 e. The topological polar surface area (TPSA) is 56.8 Å². The summed E-state index contributed by atoms with van der Waals surface area (Å²) in [5, 5.41) is 3.28. The molecular formula is C13H23NO4. The predicted octanol–water partition coefficient (Wildman–Crippen LogP) is 0.581. The minimum Gasteiger partial charge on any atom is -0.462 e. The van der Waals surface area contributed by atoms with Crippen LogP contribution in [0.25, 0.3) is 0 Å². The van der Waals surface area contributed by atoms with Crippen LogP contribution in [-0.2, 0) is 19.0 Å². The second-order valence-electron chi connectivity index (χ2n) is 5.01. The summed E-state index contributed by atoms with van der Waals surface area (Å²) in [7, 11) is 1.63. The maximum atomic E-state index is 11.9. The summed E-state index contributed by atoms with van der Waals surface area (Å²) in [5.41, 5.74) is 0. The molecule has 104 valence electrons. The lowest BCUT2D eigenvalue weighted by atomic mass is 9.94. The molecule has 0 aromatic rings. The summed E-state index contributed by atoms with van der Waals surface area (Å²) in [6.45, 7) is 2.85. The van der Waals surface area contributed by atoms with Crippen LogP contribution < -0.4 is 5.32 Å². The van der Waals surface area contributed by atoms with Crippen LogP contribution in [0.1, 0.15) is 19.3 Å². The van der Waals surface area contributed by atoms with E-state index in [0.29, 0.717) is 38.3 Å². The van der Waals surface area contributed by atoms with Crippen LogP contribution in [0.15, 0.2) is 0 Å². The molecule has 1 saturated heterocycles. The van der Waals surface area contributed by atoms with Gasteiger partial charge in [-0.2, -0.15) is 0 Å². The Bertz CT molecular complexity index is 272. The highest BCUT2D eigenvalue weighted by molar-refractivity contribution is 5.76. The second kappa shape index (κ2) is 7.07. The third kappa shape index (κ3) is 3.43. The molecule has 2 rings (SSSR count). The van der Waals surface area contributed by atoms with Gasteiger partial charge in [0.1, 0.15) is 12.6 Å². The molecule has 0 aromatic carbocycles. The van der Waals surface area contributed by atoms with Crippen molar-refractivity contribution in [2.75, 3.05) is 40.1 Å². The summed E-state index contributed by atoms with van der Waals surface area (Å²) >= 11 is 0. The maximum Gasteiger partial charge on any atom is 0.323 e. The van der Waals surface area contributed by atoms with Gasteiger partial charge in [-0.3, -0.25) is 4.79 Å². The van der Waals surface area contributed by atoms with Crippen LogP contribution in [0.3, 0.4) is 0 Å². The standard InChI is InChI=1S/C13H23NO4/c1-16-5-6-17-7-8-18-13(15)12-11-4-2-3-10(11)9-14-12/h10-12,14H,2-9H2,1H3. The van der Waals surface area contributed by atoms with Crippen molar-refractivity contribution in [1.29, 1.82) is 0 Å². The van der Waals surface area contributed by atoms with Crippen LogP contribution in [0.2, 0.25) is 0 Å². The van der Waals surface area contributed by atoms with Gasteiger partial charge in [0.25, 0.3) is 0 Å². The zero-order valence-corrected chi connectivity index (χ0v) is 11.0. The SMILES string of the molecule is COCCOCCOC(=O)C1NCC2CCCC21. The molecule has 1 N–H and O–H groups in total. The normalized spacial score (nSPS) is 30.4. The van der Waals surface area contributed by atoms with Crippen LogP contribution >= 0.6 is 0 Å². The highest BCUT2D eigenvalue weighted by atomic mass is 16.6. The molecule has 1 aliphatic heterocycles. The first kappa shape index (κ1) is 13.8. The lowest BCUT2D eigenvalue weighted by molar-refractivity contribution is -0.148. The Kier molecular flexibility index (Phi) is 5.41. The van der Waals surface area contributed by atoms with Gasteiger partial charge in [0.2, 0.25) is 0 Å². The third-order valence-electron chi connectivity index (χ3n) is 3.90.